The molecule has 1 aromatic heterocycles. The molecular formula is C11H15N3O3. The third-order valence-corrected chi connectivity index (χ3v) is 2.93. The molecule has 1 aliphatic rings. The van der Waals surface area contributed by atoms with Crippen LogP contribution in [0.1, 0.15) is 25.7 Å². The van der Waals surface area contributed by atoms with Gasteiger partial charge in [-0.3, -0.25) is 19.1 Å². The van der Waals surface area contributed by atoms with Gasteiger partial charge in [-0.2, -0.15) is 0 Å². The summed E-state index contributed by atoms with van der Waals surface area (Å²) in [4.78, 5) is 35.9. The van der Waals surface area contributed by atoms with Crippen molar-refractivity contribution in [1.29, 1.82) is 0 Å². The molecule has 6 nitrogen and oxygen atoms in total. The summed E-state index contributed by atoms with van der Waals surface area (Å²) in [5.74, 6) is -0.189. The topological polar surface area (TPSA) is 84.0 Å². The predicted molar refractivity (Wildman–Crippen MR) is 61.7 cm³/mol. The summed E-state index contributed by atoms with van der Waals surface area (Å²) in [7, 11) is 0. The Balaban J connectivity index is 1.97. The molecule has 0 radical (unpaired) electrons. The fraction of sp³-hybridized carbons (Fsp3) is 0.545. The van der Waals surface area contributed by atoms with Gasteiger partial charge in [0.15, 0.2) is 0 Å². The van der Waals surface area contributed by atoms with Gasteiger partial charge in [0.05, 0.1) is 0 Å². The average molecular weight is 237 g/mol. The van der Waals surface area contributed by atoms with Crippen molar-refractivity contribution in [3.63, 3.8) is 0 Å². The Labute approximate surface area is 97.7 Å². The van der Waals surface area contributed by atoms with E-state index in [1.165, 1.54) is 16.8 Å². The van der Waals surface area contributed by atoms with E-state index in [2.05, 4.69) is 10.3 Å². The zero-order valence-electron chi connectivity index (χ0n) is 9.44. The van der Waals surface area contributed by atoms with Crippen LogP contribution in [-0.2, 0) is 11.3 Å². The minimum absolute atomic E-state index is 0.0495. The first-order valence-corrected chi connectivity index (χ1v) is 5.74. The molecule has 0 atom stereocenters. The lowest BCUT2D eigenvalue weighted by Gasteiger charge is -2.12. The third-order valence-electron chi connectivity index (χ3n) is 2.93. The van der Waals surface area contributed by atoms with Crippen molar-refractivity contribution in [1.82, 2.24) is 14.9 Å². The quantitative estimate of drug-likeness (QED) is 0.750. The van der Waals surface area contributed by atoms with Gasteiger partial charge in [0.2, 0.25) is 5.91 Å². The van der Waals surface area contributed by atoms with Crippen molar-refractivity contribution in [3.8, 4) is 0 Å². The molecule has 1 saturated carbocycles. The van der Waals surface area contributed by atoms with Gasteiger partial charge in [-0.25, -0.2) is 4.79 Å². The van der Waals surface area contributed by atoms with Crippen LogP contribution in [-0.4, -0.2) is 21.5 Å². The number of carbonyl (C=O) groups is 1. The first kappa shape index (κ1) is 11.6. The highest BCUT2D eigenvalue weighted by Gasteiger charge is 2.17. The third kappa shape index (κ3) is 3.05. The Bertz CT molecular complexity index is 511. The minimum Gasteiger partial charge on any atom is -0.352 e. The standard InChI is InChI=1S/C11H15N3O3/c15-9-5-6-14(11(17)13-9)7-10(16)12-8-3-1-2-4-8/h5-6,8H,1-4,7H2,(H,12,16)(H,13,15,17). The molecule has 0 aromatic carbocycles. The predicted octanol–water partition coefficient (Wildman–Crippen LogP) is -0.405. The second-order valence-corrected chi connectivity index (χ2v) is 4.29. The maximum Gasteiger partial charge on any atom is 0.328 e. The molecule has 17 heavy (non-hydrogen) atoms. The molecule has 0 bridgehead atoms. The molecular weight excluding hydrogens is 222 g/mol. The molecule has 92 valence electrons. The second kappa shape index (κ2) is 4.99. The number of hydrogen-bond acceptors (Lipinski definition) is 3. The van der Waals surface area contributed by atoms with E-state index < -0.39 is 11.2 Å². The normalized spacial score (nSPS) is 16.0. The number of rotatable bonds is 3. The largest absolute Gasteiger partial charge is 0.352 e. The van der Waals surface area contributed by atoms with E-state index in [4.69, 9.17) is 0 Å². The van der Waals surface area contributed by atoms with Crippen LogP contribution in [0.2, 0.25) is 0 Å². The number of amides is 1. The highest BCUT2D eigenvalue weighted by atomic mass is 16.2. The van der Waals surface area contributed by atoms with E-state index in [1.807, 2.05) is 0 Å². The molecule has 0 saturated heterocycles. The Morgan fingerprint density at radius 1 is 1.41 bits per heavy atom. The van der Waals surface area contributed by atoms with Crippen LogP contribution in [0, 0.1) is 0 Å². The van der Waals surface area contributed by atoms with Crippen LogP contribution >= 0.6 is 0 Å². The van der Waals surface area contributed by atoms with E-state index in [1.54, 1.807) is 0 Å². The van der Waals surface area contributed by atoms with Gasteiger partial charge in [0.1, 0.15) is 6.54 Å². The number of H-pyrrole nitrogens is 1. The van der Waals surface area contributed by atoms with Crippen LogP contribution < -0.4 is 16.6 Å². The van der Waals surface area contributed by atoms with Gasteiger partial charge in [-0.15, -0.1) is 0 Å². The number of aromatic nitrogens is 2. The Morgan fingerprint density at radius 2 is 2.12 bits per heavy atom. The molecule has 1 aliphatic carbocycles. The lowest BCUT2D eigenvalue weighted by Crippen LogP contribution is -2.39. The van der Waals surface area contributed by atoms with Crippen molar-refractivity contribution < 1.29 is 4.79 Å². The van der Waals surface area contributed by atoms with Crippen LogP contribution in [0.3, 0.4) is 0 Å². The smallest absolute Gasteiger partial charge is 0.328 e. The van der Waals surface area contributed by atoms with Gasteiger partial charge in [0, 0.05) is 18.3 Å². The molecule has 1 amide bonds. The maximum absolute atomic E-state index is 11.6. The molecule has 1 heterocycles. The number of hydrogen-bond donors (Lipinski definition) is 2. The number of nitrogens with zero attached hydrogens (tertiary/aromatic N) is 1. The van der Waals surface area contributed by atoms with E-state index >= 15 is 0 Å². The van der Waals surface area contributed by atoms with Crippen molar-refractivity contribution >= 4 is 5.91 Å². The van der Waals surface area contributed by atoms with E-state index in [9.17, 15) is 14.4 Å². The molecule has 1 fully saturated rings. The molecule has 6 heteroatoms. The molecule has 0 unspecified atom stereocenters. The van der Waals surface area contributed by atoms with Crippen molar-refractivity contribution in [2.75, 3.05) is 0 Å². The Hall–Kier alpha value is -1.85. The Kier molecular flexibility index (Phi) is 3.41. The van der Waals surface area contributed by atoms with Crippen molar-refractivity contribution in [2.24, 2.45) is 0 Å². The number of nitrogens with one attached hydrogen (secondary N) is 2. The summed E-state index contributed by atoms with van der Waals surface area (Å²) in [6, 6.07) is 1.46. The average Bonchev–Trinajstić information content (AvgIpc) is 2.75. The zero-order chi connectivity index (χ0) is 12.3. The highest BCUT2D eigenvalue weighted by Crippen LogP contribution is 2.17. The fourth-order valence-electron chi connectivity index (χ4n) is 2.07. The van der Waals surface area contributed by atoms with E-state index in [0.29, 0.717) is 0 Å². The maximum atomic E-state index is 11.6. The first-order valence-electron chi connectivity index (χ1n) is 5.74. The van der Waals surface area contributed by atoms with Gasteiger partial charge in [-0.05, 0) is 12.8 Å². The van der Waals surface area contributed by atoms with E-state index in [-0.39, 0.29) is 18.5 Å². The molecule has 0 aliphatic heterocycles. The first-order chi connectivity index (χ1) is 8.15. The molecule has 0 spiro atoms. The minimum atomic E-state index is -0.556. The van der Waals surface area contributed by atoms with Gasteiger partial charge >= 0.3 is 5.69 Å². The highest BCUT2D eigenvalue weighted by molar-refractivity contribution is 5.76. The zero-order valence-corrected chi connectivity index (χ0v) is 9.44. The summed E-state index contributed by atoms with van der Waals surface area (Å²) < 4.78 is 1.19. The Morgan fingerprint density at radius 3 is 2.76 bits per heavy atom. The fourth-order valence-corrected chi connectivity index (χ4v) is 2.07. The van der Waals surface area contributed by atoms with Crippen LogP contribution in [0.4, 0.5) is 0 Å². The van der Waals surface area contributed by atoms with Gasteiger partial charge in [-0.1, -0.05) is 12.8 Å². The van der Waals surface area contributed by atoms with Crippen molar-refractivity contribution in [2.45, 2.75) is 38.3 Å². The number of aromatic amines is 1. The van der Waals surface area contributed by atoms with Gasteiger partial charge < -0.3 is 5.32 Å². The van der Waals surface area contributed by atoms with Crippen LogP contribution in [0.25, 0.3) is 0 Å². The SMILES string of the molecule is O=C(Cn1ccc(=O)[nH]c1=O)NC1CCCC1. The summed E-state index contributed by atoms with van der Waals surface area (Å²) >= 11 is 0. The lowest BCUT2D eigenvalue weighted by atomic mass is 10.2. The summed E-state index contributed by atoms with van der Waals surface area (Å²) in [6.07, 6.45) is 5.63. The van der Waals surface area contributed by atoms with Gasteiger partial charge in [0.25, 0.3) is 5.56 Å². The number of carbonyl (C=O) groups excluding carboxylic acids is 1. The molecule has 2 N–H and O–H groups in total. The molecule has 2 rings (SSSR count). The van der Waals surface area contributed by atoms with E-state index in [0.717, 1.165) is 25.7 Å². The summed E-state index contributed by atoms with van der Waals surface area (Å²) in [6.45, 7) is -0.0495. The molecule has 1 aromatic rings. The van der Waals surface area contributed by atoms with Crippen LogP contribution in [0.15, 0.2) is 21.9 Å². The lowest BCUT2D eigenvalue weighted by molar-refractivity contribution is -0.122. The van der Waals surface area contributed by atoms with Crippen LogP contribution in [0.5, 0.6) is 0 Å². The monoisotopic (exact) mass is 237 g/mol. The van der Waals surface area contributed by atoms with Crippen molar-refractivity contribution in [3.05, 3.63) is 33.1 Å². The second-order valence-electron chi connectivity index (χ2n) is 4.29. The summed E-state index contributed by atoms with van der Waals surface area (Å²) in [5, 5.41) is 2.88. The summed E-state index contributed by atoms with van der Waals surface area (Å²) in [5.41, 5.74) is -1.01.